The van der Waals surface area contributed by atoms with Gasteiger partial charge in [-0.25, -0.2) is 0 Å². The zero-order valence-electron chi connectivity index (χ0n) is 12.6. The molecule has 3 N–H and O–H groups in total. The number of rotatable bonds is 9. The van der Waals surface area contributed by atoms with Gasteiger partial charge >= 0.3 is 0 Å². The second-order valence-electron chi connectivity index (χ2n) is 4.52. The van der Waals surface area contributed by atoms with Crippen LogP contribution in [0.2, 0.25) is 0 Å². The highest BCUT2D eigenvalue weighted by Gasteiger charge is 2.13. The Kier molecular flexibility index (Phi) is 10.7. The van der Waals surface area contributed by atoms with E-state index in [1.54, 1.807) is 31.2 Å². The maximum absolute atomic E-state index is 11.9. The van der Waals surface area contributed by atoms with E-state index in [2.05, 4.69) is 12.2 Å². The molecule has 0 spiro atoms. The molecule has 0 aliphatic heterocycles. The molecule has 21 heavy (non-hydrogen) atoms. The van der Waals surface area contributed by atoms with E-state index in [4.69, 9.17) is 15.2 Å². The lowest BCUT2D eigenvalue weighted by atomic mass is 10.3. The van der Waals surface area contributed by atoms with Crippen LogP contribution in [0.3, 0.4) is 0 Å². The van der Waals surface area contributed by atoms with Crippen molar-refractivity contribution in [1.29, 1.82) is 0 Å². The summed E-state index contributed by atoms with van der Waals surface area (Å²) in [5.41, 5.74) is 6.08. The molecule has 0 aliphatic carbocycles. The number of benzene rings is 1. The van der Waals surface area contributed by atoms with Gasteiger partial charge in [-0.05, 0) is 37.6 Å². The number of amides is 1. The molecule has 1 amide bonds. The average molecular weight is 317 g/mol. The Labute approximate surface area is 132 Å². The highest BCUT2D eigenvalue weighted by molar-refractivity contribution is 5.93. The summed E-state index contributed by atoms with van der Waals surface area (Å²) >= 11 is 0. The van der Waals surface area contributed by atoms with E-state index >= 15 is 0 Å². The van der Waals surface area contributed by atoms with Crippen LogP contribution in [0.25, 0.3) is 0 Å². The minimum Gasteiger partial charge on any atom is -0.492 e. The molecule has 0 fully saturated rings. The molecule has 120 valence electrons. The molecule has 5 nitrogen and oxygen atoms in total. The van der Waals surface area contributed by atoms with Crippen LogP contribution in [0.1, 0.15) is 26.7 Å². The van der Waals surface area contributed by atoms with Crippen molar-refractivity contribution in [2.45, 2.75) is 32.8 Å². The number of nitrogens with one attached hydrogen (secondary N) is 1. The smallest absolute Gasteiger partial charge is 0.253 e. The summed E-state index contributed by atoms with van der Waals surface area (Å²) in [5.74, 6) is 0.595. The normalized spacial score (nSPS) is 11.4. The molecule has 1 rings (SSSR count). The van der Waals surface area contributed by atoms with Crippen molar-refractivity contribution >= 4 is 24.0 Å². The SMILES string of the molecule is CCCCOC(C)C(=O)Nc1ccc(OCCN)cc1.Cl. The predicted octanol–water partition coefficient (Wildman–Crippen LogP) is 2.59. The summed E-state index contributed by atoms with van der Waals surface area (Å²) in [6, 6.07) is 7.19. The van der Waals surface area contributed by atoms with E-state index in [0.717, 1.165) is 24.3 Å². The monoisotopic (exact) mass is 316 g/mol. The lowest BCUT2D eigenvalue weighted by Gasteiger charge is -2.13. The van der Waals surface area contributed by atoms with Crippen molar-refractivity contribution in [3.8, 4) is 5.75 Å². The fraction of sp³-hybridized carbons (Fsp3) is 0.533. The number of carbonyl (C=O) groups is 1. The van der Waals surface area contributed by atoms with Crippen molar-refractivity contribution in [2.24, 2.45) is 5.73 Å². The van der Waals surface area contributed by atoms with Crippen LogP contribution in [0.4, 0.5) is 5.69 Å². The lowest BCUT2D eigenvalue weighted by molar-refractivity contribution is -0.126. The number of halogens is 1. The Balaban J connectivity index is 0.00000400. The van der Waals surface area contributed by atoms with Gasteiger partial charge in [-0.15, -0.1) is 12.4 Å². The molecule has 0 bridgehead atoms. The van der Waals surface area contributed by atoms with Gasteiger partial charge in [-0.3, -0.25) is 4.79 Å². The Morgan fingerprint density at radius 2 is 1.95 bits per heavy atom. The minimum absolute atomic E-state index is 0. The number of anilines is 1. The minimum atomic E-state index is -0.449. The molecule has 1 aromatic carbocycles. The third kappa shape index (κ3) is 7.90. The second-order valence-corrected chi connectivity index (χ2v) is 4.52. The van der Waals surface area contributed by atoms with Crippen LogP contribution in [-0.4, -0.2) is 31.8 Å². The first kappa shape index (κ1) is 19.7. The van der Waals surface area contributed by atoms with Crippen molar-refractivity contribution in [3.05, 3.63) is 24.3 Å². The van der Waals surface area contributed by atoms with E-state index in [9.17, 15) is 4.79 Å². The Hall–Kier alpha value is -1.30. The highest BCUT2D eigenvalue weighted by atomic mass is 35.5. The molecular weight excluding hydrogens is 292 g/mol. The van der Waals surface area contributed by atoms with Crippen LogP contribution in [0, 0.1) is 0 Å². The Bertz CT molecular complexity index is 398. The molecule has 1 unspecified atom stereocenters. The molecule has 0 radical (unpaired) electrons. The van der Waals surface area contributed by atoms with E-state index in [-0.39, 0.29) is 18.3 Å². The number of hydrogen-bond donors (Lipinski definition) is 2. The van der Waals surface area contributed by atoms with E-state index < -0.39 is 6.10 Å². The number of carbonyl (C=O) groups excluding carboxylic acids is 1. The number of nitrogens with two attached hydrogens (primary N) is 1. The first-order valence-electron chi connectivity index (χ1n) is 7.02. The maximum Gasteiger partial charge on any atom is 0.253 e. The predicted molar refractivity (Wildman–Crippen MR) is 87.2 cm³/mol. The molecule has 0 aliphatic rings. The van der Waals surface area contributed by atoms with Gasteiger partial charge in [0, 0.05) is 18.8 Å². The van der Waals surface area contributed by atoms with Crippen LogP contribution in [0.5, 0.6) is 5.75 Å². The Morgan fingerprint density at radius 3 is 2.52 bits per heavy atom. The first-order chi connectivity index (χ1) is 9.67. The number of hydrogen-bond acceptors (Lipinski definition) is 4. The third-order valence-corrected chi connectivity index (χ3v) is 2.74. The van der Waals surface area contributed by atoms with Crippen molar-refractivity contribution in [2.75, 3.05) is 25.1 Å². The average Bonchev–Trinajstić information content (AvgIpc) is 2.46. The first-order valence-corrected chi connectivity index (χ1v) is 7.02. The summed E-state index contributed by atoms with van der Waals surface area (Å²) in [7, 11) is 0. The van der Waals surface area contributed by atoms with Gasteiger partial charge in [-0.2, -0.15) is 0 Å². The van der Waals surface area contributed by atoms with Gasteiger partial charge in [0.25, 0.3) is 5.91 Å². The highest BCUT2D eigenvalue weighted by Crippen LogP contribution is 2.16. The van der Waals surface area contributed by atoms with Gasteiger partial charge in [-0.1, -0.05) is 13.3 Å². The van der Waals surface area contributed by atoms with Crippen LogP contribution in [0.15, 0.2) is 24.3 Å². The number of ether oxygens (including phenoxy) is 2. The molecule has 0 heterocycles. The molecule has 1 atom stereocenters. The summed E-state index contributed by atoms with van der Waals surface area (Å²) in [5, 5.41) is 2.81. The summed E-state index contributed by atoms with van der Waals surface area (Å²) < 4.78 is 10.8. The topological polar surface area (TPSA) is 73.6 Å². The zero-order chi connectivity index (χ0) is 14.8. The van der Waals surface area contributed by atoms with Crippen LogP contribution < -0.4 is 15.8 Å². The second kappa shape index (κ2) is 11.4. The molecule has 1 aromatic rings. The quantitative estimate of drug-likeness (QED) is 0.687. The zero-order valence-corrected chi connectivity index (χ0v) is 13.4. The van der Waals surface area contributed by atoms with Crippen LogP contribution >= 0.6 is 12.4 Å². The fourth-order valence-corrected chi connectivity index (χ4v) is 1.54. The van der Waals surface area contributed by atoms with Crippen molar-refractivity contribution in [3.63, 3.8) is 0 Å². The number of unbranched alkanes of at least 4 members (excludes halogenated alkanes) is 1. The molecule has 0 saturated heterocycles. The standard InChI is InChI=1S/C15H24N2O3.ClH/c1-3-4-10-19-12(2)15(18)17-13-5-7-14(8-6-13)20-11-9-16;/h5-8,12H,3-4,9-11,16H2,1-2H3,(H,17,18);1H. The maximum atomic E-state index is 11.9. The van der Waals surface area contributed by atoms with Crippen molar-refractivity contribution < 1.29 is 14.3 Å². The van der Waals surface area contributed by atoms with E-state index in [1.807, 2.05) is 0 Å². The summed E-state index contributed by atoms with van der Waals surface area (Å²) in [4.78, 5) is 11.9. The van der Waals surface area contributed by atoms with E-state index in [0.29, 0.717) is 19.8 Å². The molecule has 0 saturated carbocycles. The van der Waals surface area contributed by atoms with Gasteiger partial charge in [0.05, 0.1) is 0 Å². The summed E-state index contributed by atoms with van der Waals surface area (Å²) in [6.45, 7) is 5.40. The molecule has 6 heteroatoms. The van der Waals surface area contributed by atoms with Gasteiger partial charge in [0.2, 0.25) is 0 Å². The van der Waals surface area contributed by atoms with Crippen LogP contribution in [-0.2, 0) is 9.53 Å². The summed E-state index contributed by atoms with van der Waals surface area (Å²) in [6.07, 6.45) is 1.57. The Morgan fingerprint density at radius 1 is 1.29 bits per heavy atom. The van der Waals surface area contributed by atoms with Gasteiger partial charge < -0.3 is 20.5 Å². The van der Waals surface area contributed by atoms with Gasteiger partial charge in [0.15, 0.2) is 0 Å². The fourth-order valence-electron chi connectivity index (χ4n) is 1.54. The lowest BCUT2D eigenvalue weighted by Crippen LogP contribution is -2.28. The molecular formula is C15H25ClN2O3. The van der Waals surface area contributed by atoms with E-state index in [1.165, 1.54) is 0 Å². The van der Waals surface area contributed by atoms with Gasteiger partial charge in [0.1, 0.15) is 18.5 Å². The molecule has 0 aromatic heterocycles. The third-order valence-electron chi connectivity index (χ3n) is 2.74. The van der Waals surface area contributed by atoms with Crippen molar-refractivity contribution in [1.82, 2.24) is 0 Å². The largest absolute Gasteiger partial charge is 0.492 e.